The summed E-state index contributed by atoms with van der Waals surface area (Å²) in [4.78, 5) is 2.18. The lowest BCUT2D eigenvalue weighted by Crippen LogP contribution is -2.39. The third kappa shape index (κ3) is 2.27. The minimum atomic E-state index is -0.429. The van der Waals surface area contributed by atoms with E-state index < -0.39 is 11.6 Å². The predicted molar refractivity (Wildman–Crippen MR) is 66.1 cm³/mol. The molecule has 2 aliphatic rings. The van der Waals surface area contributed by atoms with E-state index in [9.17, 15) is 8.78 Å². The molecule has 98 valence electrons. The maximum Gasteiger partial charge on any atom is 0.130 e. The second kappa shape index (κ2) is 4.94. The lowest BCUT2D eigenvalue weighted by atomic mass is 9.88. The van der Waals surface area contributed by atoms with Crippen molar-refractivity contribution in [3.05, 3.63) is 35.4 Å². The van der Waals surface area contributed by atoms with Crippen LogP contribution in [0.2, 0.25) is 0 Å². The van der Waals surface area contributed by atoms with Gasteiger partial charge in [-0.25, -0.2) is 8.78 Å². The summed E-state index contributed by atoms with van der Waals surface area (Å²) in [6.07, 6.45) is 1.13. The first-order valence-corrected chi connectivity index (χ1v) is 6.60. The first-order chi connectivity index (χ1) is 8.74. The second-order valence-electron chi connectivity index (χ2n) is 5.40. The van der Waals surface area contributed by atoms with E-state index in [1.165, 1.54) is 18.2 Å². The molecule has 2 aliphatic heterocycles. The van der Waals surface area contributed by atoms with Crippen LogP contribution in [0.4, 0.5) is 8.78 Å². The van der Waals surface area contributed by atoms with Crippen LogP contribution in [0, 0.1) is 23.5 Å². The average Bonchev–Trinajstić information content (AvgIpc) is 2.81. The topological polar surface area (TPSA) is 15.3 Å². The number of benzene rings is 1. The molecule has 0 radical (unpaired) electrons. The summed E-state index contributed by atoms with van der Waals surface area (Å²) in [7, 11) is 0. The number of piperidine rings is 1. The van der Waals surface area contributed by atoms with Crippen LogP contribution in [0.1, 0.15) is 12.0 Å². The number of hydrogen-bond donors (Lipinski definition) is 1. The van der Waals surface area contributed by atoms with Crippen LogP contribution < -0.4 is 5.32 Å². The van der Waals surface area contributed by atoms with Gasteiger partial charge >= 0.3 is 0 Å². The molecule has 1 aromatic carbocycles. The molecule has 2 fully saturated rings. The van der Waals surface area contributed by atoms with Gasteiger partial charge in [0, 0.05) is 18.7 Å². The normalized spacial score (nSPS) is 28.3. The van der Waals surface area contributed by atoms with Crippen molar-refractivity contribution in [2.24, 2.45) is 11.8 Å². The van der Waals surface area contributed by atoms with Gasteiger partial charge in [0.15, 0.2) is 0 Å². The number of nitrogens with zero attached hydrogens (tertiary/aromatic N) is 1. The van der Waals surface area contributed by atoms with Crippen molar-refractivity contribution in [2.75, 3.05) is 26.2 Å². The molecule has 2 saturated heterocycles. The zero-order chi connectivity index (χ0) is 12.5. The highest BCUT2D eigenvalue weighted by Gasteiger charge is 2.33. The van der Waals surface area contributed by atoms with E-state index in [1.54, 1.807) is 0 Å². The summed E-state index contributed by atoms with van der Waals surface area (Å²) >= 11 is 0. The van der Waals surface area contributed by atoms with Crippen LogP contribution in [0.25, 0.3) is 0 Å². The zero-order valence-corrected chi connectivity index (χ0v) is 10.3. The fourth-order valence-electron chi connectivity index (χ4n) is 3.16. The highest BCUT2D eigenvalue weighted by Crippen LogP contribution is 2.28. The van der Waals surface area contributed by atoms with E-state index in [1.807, 2.05) is 0 Å². The van der Waals surface area contributed by atoms with Gasteiger partial charge in [0.25, 0.3) is 0 Å². The minimum Gasteiger partial charge on any atom is -0.316 e. The molecular weight excluding hydrogens is 234 g/mol. The van der Waals surface area contributed by atoms with Crippen LogP contribution in [0.15, 0.2) is 18.2 Å². The number of rotatable bonds is 2. The Morgan fingerprint density at radius 3 is 2.67 bits per heavy atom. The Morgan fingerprint density at radius 1 is 1.17 bits per heavy atom. The Balaban J connectivity index is 1.69. The molecule has 2 heterocycles. The summed E-state index contributed by atoms with van der Waals surface area (Å²) in [5.74, 6) is 0.545. The zero-order valence-electron chi connectivity index (χ0n) is 10.3. The highest BCUT2D eigenvalue weighted by atomic mass is 19.1. The van der Waals surface area contributed by atoms with Crippen molar-refractivity contribution in [3.8, 4) is 0 Å². The molecule has 2 nitrogen and oxygen atoms in total. The lowest BCUT2D eigenvalue weighted by Gasteiger charge is -2.34. The Morgan fingerprint density at radius 2 is 1.89 bits per heavy atom. The second-order valence-corrected chi connectivity index (χ2v) is 5.40. The Kier molecular flexibility index (Phi) is 3.31. The molecule has 0 spiro atoms. The van der Waals surface area contributed by atoms with E-state index in [2.05, 4.69) is 10.2 Å². The fourth-order valence-corrected chi connectivity index (χ4v) is 3.16. The highest BCUT2D eigenvalue weighted by molar-refractivity contribution is 5.19. The average molecular weight is 252 g/mol. The summed E-state index contributed by atoms with van der Waals surface area (Å²) < 4.78 is 27.2. The van der Waals surface area contributed by atoms with Crippen LogP contribution in [-0.2, 0) is 6.54 Å². The van der Waals surface area contributed by atoms with E-state index in [0.29, 0.717) is 12.5 Å². The Hall–Kier alpha value is -1.00. The first kappa shape index (κ1) is 12.1. The van der Waals surface area contributed by atoms with Gasteiger partial charge in [-0.05, 0) is 50.0 Å². The summed E-state index contributed by atoms with van der Waals surface area (Å²) in [5.41, 5.74) is 0.210. The smallest absolute Gasteiger partial charge is 0.130 e. The lowest BCUT2D eigenvalue weighted by molar-refractivity contribution is 0.139. The molecule has 18 heavy (non-hydrogen) atoms. The SMILES string of the molecule is Fc1cccc(F)c1CN1CCC2CNCC2C1. The van der Waals surface area contributed by atoms with Gasteiger partial charge < -0.3 is 5.32 Å². The maximum absolute atomic E-state index is 13.6. The molecule has 2 unspecified atom stereocenters. The van der Waals surface area contributed by atoms with Crippen LogP contribution >= 0.6 is 0 Å². The molecule has 1 N–H and O–H groups in total. The van der Waals surface area contributed by atoms with Gasteiger partial charge in [-0.15, -0.1) is 0 Å². The molecule has 0 amide bonds. The molecule has 2 atom stereocenters. The van der Waals surface area contributed by atoms with E-state index in [0.717, 1.165) is 38.5 Å². The number of likely N-dealkylation sites (tertiary alicyclic amines) is 1. The molecule has 0 bridgehead atoms. The molecule has 4 heteroatoms. The molecular formula is C14H18F2N2. The van der Waals surface area contributed by atoms with Crippen molar-refractivity contribution in [1.82, 2.24) is 10.2 Å². The molecule has 0 aromatic heterocycles. The first-order valence-electron chi connectivity index (χ1n) is 6.60. The third-order valence-electron chi connectivity index (χ3n) is 4.23. The number of nitrogens with one attached hydrogen (secondary N) is 1. The molecule has 0 saturated carbocycles. The summed E-state index contributed by atoms with van der Waals surface area (Å²) in [5, 5.41) is 3.40. The Labute approximate surface area is 106 Å². The van der Waals surface area contributed by atoms with Gasteiger partial charge in [-0.2, -0.15) is 0 Å². The maximum atomic E-state index is 13.6. The predicted octanol–water partition coefficient (Wildman–Crippen LogP) is 2.01. The third-order valence-corrected chi connectivity index (χ3v) is 4.23. The quantitative estimate of drug-likeness (QED) is 0.866. The Bertz CT molecular complexity index is 416. The van der Waals surface area contributed by atoms with Crippen molar-refractivity contribution >= 4 is 0 Å². The minimum absolute atomic E-state index is 0.210. The standard InChI is InChI=1S/C14H18F2N2/c15-13-2-1-3-14(16)12(13)9-18-5-4-10-6-17-7-11(10)8-18/h1-3,10-11,17H,4-9H2. The van der Waals surface area contributed by atoms with Crippen LogP contribution in [0.3, 0.4) is 0 Å². The van der Waals surface area contributed by atoms with Crippen LogP contribution in [-0.4, -0.2) is 31.1 Å². The van der Waals surface area contributed by atoms with Crippen molar-refractivity contribution in [3.63, 3.8) is 0 Å². The van der Waals surface area contributed by atoms with E-state index in [-0.39, 0.29) is 5.56 Å². The van der Waals surface area contributed by atoms with E-state index >= 15 is 0 Å². The van der Waals surface area contributed by atoms with Crippen molar-refractivity contribution in [1.29, 1.82) is 0 Å². The van der Waals surface area contributed by atoms with Crippen molar-refractivity contribution in [2.45, 2.75) is 13.0 Å². The molecule has 3 rings (SSSR count). The molecule has 0 aliphatic carbocycles. The van der Waals surface area contributed by atoms with Gasteiger partial charge in [0.1, 0.15) is 11.6 Å². The van der Waals surface area contributed by atoms with Crippen LogP contribution in [0.5, 0.6) is 0 Å². The number of hydrogen-bond acceptors (Lipinski definition) is 2. The molecule has 1 aromatic rings. The van der Waals surface area contributed by atoms with Gasteiger partial charge in [0.05, 0.1) is 0 Å². The number of fused-ring (bicyclic) bond motifs is 1. The van der Waals surface area contributed by atoms with Gasteiger partial charge in [0.2, 0.25) is 0 Å². The van der Waals surface area contributed by atoms with Gasteiger partial charge in [-0.1, -0.05) is 6.07 Å². The number of halogens is 2. The van der Waals surface area contributed by atoms with E-state index in [4.69, 9.17) is 0 Å². The summed E-state index contributed by atoms with van der Waals surface area (Å²) in [6.45, 7) is 4.43. The summed E-state index contributed by atoms with van der Waals surface area (Å²) in [6, 6.07) is 4.09. The van der Waals surface area contributed by atoms with Crippen molar-refractivity contribution < 1.29 is 8.78 Å². The largest absolute Gasteiger partial charge is 0.316 e. The fraction of sp³-hybridized carbons (Fsp3) is 0.571. The monoisotopic (exact) mass is 252 g/mol. The van der Waals surface area contributed by atoms with Gasteiger partial charge in [-0.3, -0.25) is 4.90 Å².